The molecular weight excluding hydrogens is 206 g/mol. The number of hydrogen-bond donors (Lipinski definition) is 0. The van der Waals surface area contributed by atoms with E-state index < -0.39 is 0 Å². The summed E-state index contributed by atoms with van der Waals surface area (Å²) >= 11 is 0. The highest BCUT2D eigenvalue weighted by Crippen LogP contribution is 2.23. The molecule has 2 aromatic rings. The second-order valence-electron chi connectivity index (χ2n) is 3.58. The van der Waals surface area contributed by atoms with Crippen LogP contribution in [0.2, 0.25) is 0 Å². The van der Waals surface area contributed by atoms with E-state index in [4.69, 9.17) is 9.15 Å². The first-order chi connectivity index (χ1) is 7.63. The van der Waals surface area contributed by atoms with Crippen LogP contribution in [0.5, 0.6) is 5.75 Å². The van der Waals surface area contributed by atoms with Crippen molar-refractivity contribution < 1.29 is 13.9 Å². The molecule has 0 aliphatic carbocycles. The van der Waals surface area contributed by atoms with Gasteiger partial charge in [-0.3, -0.25) is 0 Å². The first kappa shape index (κ1) is 10.5. The molecule has 0 unspecified atom stereocenters. The Hall–Kier alpha value is -1.97. The largest absolute Gasteiger partial charge is 0.616 e. The molecule has 0 bridgehead atoms. The summed E-state index contributed by atoms with van der Waals surface area (Å²) in [4.78, 5) is 0. The van der Waals surface area contributed by atoms with Gasteiger partial charge in [0.2, 0.25) is 5.69 Å². The highest BCUT2D eigenvalue weighted by molar-refractivity contribution is 5.53. The SMILES string of the molecule is COc1cccc(-c2oc(C)c(C)[n+]2[O-])c1. The summed E-state index contributed by atoms with van der Waals surface area (Å²) in [5.74, 6) is 1.63. The molecule has 4 nitrogen and oxygen atoms in total. The molecule has 0 amide bonds. The first-order valence-electron chi connectivity index (χ1n) is 4.97. The molecule has 4 heteroatoms. The summed E-state index contributed by atoms with van der Waals surface area (Å²) < 4.78 is 11.3. The van der Waals surface area contributed by atoms with E-state index in [0.29, 0.717) is 28.7 Å². The Morgan fingerprint density at radius 2 is 2.06 bits per heavy atom. The molecule has 84 valence electrons. The highest BCUT2D eigenvalue weighted by Gasteiger charge is 2.20. The number of rotatable bonds is 2. The lowest BCUT2D eigenvalue weighted by molar-refractivity contribution is -0.602. The molecule has 16 heavy (non-hydrogen) atoms. The third-order valence-electron chi connectivity index (χ3n) is 2.57. The summed E-state index contributed by atoms with van der Waals surface area (Å²) in [6, 6.07) is 7.23. The van der Waals surface area contributed by atoms with Gasteiger partial charge in [-0.1, -0.05) is 6.07 Å². The van der Waals surface area contributed by atoms with Crippen molar-refractivity contribution in [3.05, 3.63) is 40.9 Å². The van der Waals surface area contributed by atoms with Crippen LogP contribution >= 0.6 is 0 Å². The molecule has 0 fully saturated rings. The van der Waals surface area contributed by atoms with E-state index in [0.717, 1.165) is 4.73 Å². The lowest BCUT2D eigenvalue weighted by Crippen LogP contribution is -2.29. The summed E-state index contributed by atoms with van der Waals surface area (Å²) in [7, 11) is 1.59. The molecule has 0 atom stereocenters. The van der Waals surface area contributed by atoms with Crippen LogP contribution in [-0.4, -0.2) is 7.11 Å². The fourth-order valence-corrected chi connectivity index (χ4v) is 1.49. The fourth-order valence-electron chi connectivity index (χ4n) is 1.49. The lowest BCUT2D eigenvalue weighted by atomic mass is 10.2. The summed E-state index contributed by atoms with van der Waals surface area (Å²) in [6.07, 6.45) is 0. The zero-order valence-electron chi connectivity index (χ0n) is 9.48. The maximum absolute atomic E-state index is 11.8. The second-order valence-corrected chi connectivity index (χ2v) is 3.58. The molecule has 0 N–H and O–H groups in total. The molecule has 0 spiro atoms. The van der Waals surface area contributed by atoms with Gasteiger partial charge in [0.1, 0.15) is 5.75 Å². The van der Waals surface area contributed by atoms with Crippen LogP contribution in [-0.2, 0) is 0 Å². The second kappa shape index (κ2) is 3.89. The van der Waals surface area contributed by atoms with Crippen LogP contribution in [0.1, 0.15) is 11.5 Å². The number of aromatic nitrogens is 1. The number of methoxy groups -OCH3 is 1. The van der Waals surface area contributed by atoms with Gasteiger partial charge in [-0.25, -0.2) is 0 Å². The van der Waals surface area contributed by atoms with Gasteiger partial charge >= 0.3 is 5.89 Å². The Morgan fingerprint density at radius 1 is 1.31 bits per heavy atom. The van der Waals surface area contributed by atoms with E-state index in [1.807, 2.05) is 18.2 Å². The van der Waals surface area contributed by atoms with Crippen molar-refractivity contribution >= 4 is 0 Å². The number of oxazole rings is 1. The number of aryl methyl sites for hydroxylation is 1. The topological polar surface area (TPSA) is 49.3 Å². The normalized spacial score (nSPS) is 10.4. The lowest BCUT2D eigenvalue weighted by Gasteiger charge is -2.01. The minimum absolute atomic E-state index is 0.300. The molecule has 0 aliphatic heterocycles. The Kier molecular flexibility index (Phi) is 2.56. The van der Waals surface area contributed by atoms with Crippen molar-refractivity contribution in [1.29, 1.82) is 0 Å². The number of nitrogens with zero attached hydrogens (tertiary/aromatic N) is 1. The Labute approximate surface area is 93.7 Å². The quantitative estimate of drug-likeness (QED) is 0.574. The zero-order valence-corrected chi connectivity index (χ0v) is 9.48. The van der Waals surface area contributed by atoms with Gasteiger partial charge < -0.3 is 14.4 Å². The molecule has 2 rings (SSSR count). The molecule has 0 saturated heterocycles. The molecule has 1 aromatic heterocycles. The van der Waals surface area contributed by atoms with Crippen molar-refractivity contribution in [2.75, 3.05) is 7.11 Å². The standard InChI is InChI=1S/C12H13NO3/c1-8-9(2)16-12(13(8)14)10-5-4-6-11(7-10)15-3/h4-7H,1-3H3. The highest BCUT2D eigenvalue weighted by atomic mass is 16.5. The van der Waals surface area contributed by atoms with Crippen LogP contribution in [0.3, 0.4) is 0 Å². The molecule has 0 saturated carbocycles. The van der Waals surface area contributed by atoms with Crippen molar-refractivity contribution in [2.45, 2.75) is 13.8 Å². The summed E-state index contributed by atoms with van der Waals surface area (Å²) in [5.41, 5.74) is 1.29. The molecular formula is C12H13NO3. The van der Waals surface area contributed by atoms with Crippen LogP contribution < -0.4 is 9.47 Å². The van der Waals surface area contributed by atoms with E-state index in [-0.39, 0.29) is 0 Å². The molecule has 1 aromatic carbocycles. The van der Waals surface area contributed by atoms with E-state index in [1.54, 1.807) is 27.0 Å². The number of ether oxygens (including phenoxy) is 1. The van der Waals surface area contributed by atoms with E-state index >= 15 is 0 Å². The van der Waals surface area contributed by atoms with Crippen molar-refractivity contribution in [3.63, 3.8) is 0 Å². The molecule has 1 heterocycles. The van der Waals surface area contributed by atoms with Crippen molar-refractivity contribution in [2.24, 2.45) is 0 Å². The van der Waals surface area contributed by atoms with Crippen molar-refractivity contribution in [1.82, 2.24) is 0 Å². The van der Waals surface area contributed by atoms with Gasteiger partial charge in [-0.2, -0.15) is 0 Å². The number of benzene rings is 1. The van der Waals surface area contributed by atoms with Gasteiger partial charge in [-0.05, 0) is 18.2 Å². The van der Waals surface area contributed by atoms with E-state index in [2.05, 4.69) is 0 Å². The van der Waals surface area contributed by atoms with E-state index in [9.17, 15) is 5.21 Å². The van der Waals surface area contributed by atoms with E-state index in [1.165, 1.54) is 0 Å². The number of hydrogen-bond acceptors (Lipinski definition) is 3. The molecule has 0 aliphatic rings. The third kappa shape index (κ3) is 1.62. The minimum Gasteiger partial charge on any atom is -0.616 e. The Morgan fingerprint density at radius 3 is 2.62 bits per heavy atom. The molecule has 0 radical (unpaired) electrons. The smallest absolute Gasteiger partial charge is 0.392 e. The van der Waals surface area contributed by atoms with Gasteiger partial charge in [0, 0.05) is 13.8 Å². The van der Waals surface area contributed by atoms with Gasteiger partial charge in [0.25, 0.3) is 0 Å². The minimum atomic E-state index is 0.300. The monoisotopic (exact) mass is 219 g/mol. The maximum atomic E-state index is 11.8. The third-order valence-corrected chi connectivity index (χ3v) is 2.57. The Balaban J connectivity index is 2.54. The average molecular weight is 219 g/mol. The summed E-state index contributed by atoms with van der Waals surface area (Å²) in [5, 5.41) is 11.8. The summed E-state index contributed by atoms with van der Waals surface area (Å²) in [6.45, 7) is 3.50. The Bertz CT molecular complexity index is 517. The van der Waals surface area contributed by atoms with Crippen LogP contribution in [0.25, 0.3) is 11.5 Å². The fraction of sp³-hybridized carbons (Fsp3) is 0.250. The zero-order chi connectivity index (χ0) is 11.7. The predicted molar refractivity (Wildman–Crippen MR) is 59.1 cm³/mol. The van der Waals surface area contributed by atoms with Gasteiger partial charge in [0.15, 0.2) is 5.76 Å². The average Bonchev–Trinajstić information content (AvgIpc) is 2.57. The maximum Gasteiger partial charge on any atom is 0.392 e. The van der Waals surface area contributed by atoms with Gasteiger partial charge in [0.05, 0.1) is 12.7 Å². The van der Waals surface area contributed by atoms with Crippen molar-refractivity contribution in [3.8, 4) is 17.2 Å². The van der Waals surface area contributed by atoms with Gasteiger partial charge in [-0.15, -0.1) is 4.73 Å². The van der Waals surface area contributed by atoms with Crippen LogP contribution in [0.15, 0.2) is 28.7 Å². The van der Waals surface area contributed by atoms with Crippen LogP contribution in [0.4, 0.5) is 0 Å². The predicted octanol–water partition coefficient (Wildman–Crippen LogP) is 2.21. The van der Waals surface area contributed by atoms with Crippen LogP contribution in [0, 0.1) is 19.1 Å². The first-order valence-corrected chi connectivity index (χ1v) is 4.97.